The van der Waals surface area contributed by atoms with Gasteiger partial charge in [0.15, 0.2) is 0 Å². The summed E-state index contributed by atoms with van der Waals surface area (Å²) >= 11 is 11.8. The highest BCUT2D eigenvalue weighted by Gasteiger charge is 2.14. The van der Waals surface area contributed by atoms with Crippen LogP contribution in [-0.4, -0.2) is 17.5 Å². The van der Waals surface area contributed by atoms with E-state index in [4.69, 9.17) is 28.9 Å². The van der Waals surface area contributed by atoms with Crippen LogP contribution in [0.4, 0.5) is 10.5 Å². The number of carbonyl (C=O) groups is 1. The first-order valence-electron chi connectivity index (χ1n) is 5.56. The quantitative estimate of drug-likeness (QED) is 0.550. The summed E-state index contributed by atoms with van der Waals surface area (Å²) in [6.45, 7) is 5.56. The lowest BCUT2D eigenvalue weighted by Gasteiger charge is -2.20. The van der Waals surface area contributed by atoms with Crippen LogP contribution < -0.4 is 16.4 Å². The molecule has 0 radical (unpaired) electrons. The van der Waals surface area contributed by atoms with E-state index in [2.05, 4.69) is 15.6 Å². The first-order valence-corrected chi connectivity index (χ1v) is 6.32. The number of halogens is 2. The largest absolute Gasteiger partial charge is 0.369 e. The fourth-order valence-corrected chi connectivity index (χ4v) is 1.56. The van der Waals surface area contributed by atoms with E-state index in [0.717, 1.165) is 0 Å². The van der Waals surface area contributed by atoms with Crippen molar-refractivity contribution in [1.82, 2.24) is 10.6 Å². The first kappa shape index (κ1) is 15.6. The maximum atomic E-state index is 11.6. The molecule has 0 aliphatic rings. The minimum atomic E-state index is -0.438. The normalized spacial score (nSPS) is 12.2. The molecule has 19 heavy (non-hydrogen) atoms. The van der Waals surface area contributed by atoms with Gasteiger partial charge in [-0.2, -0.15) is 0 Å². The third-order valence-corrected chi connectivity index (χ3v) is 2.71. The fourth-order valence-electron chi connectivity index (χ4n) is 1.22. The molecule has 5 nitrogen and oxygen atoms in total. The van der Waals surface area contributed by atoms with Crippen LogP contribution >= 0.6 is 23.2 Å². The molecule has 0 bridgehead atoms. The molecule has 1 rings (SSSR count). The average Bonchev–Trinajstić information content (AvgIpc) is 2.21. The second kappa shape index (κ2) is 6.12. The molecule has 0 atom stereocenters. The van der Waals surface area contributed by atoms with Crippen molar-refractivity contribution in [2.24, 2.45) is 10.7 Å². The predicted molar refractivity (Wildman–Crippen MR) is 79.2 cm³/mol. The smallest absolute Gasteiger partial charge is 0.321 e. The summed E-state index contributed by atoms with van der Waals surface area (Å²) in [6.07, 6.45) is 0. The summed E-state index contributed by atoms with van der Waals surface area (Å²) in [5, 5.41) is 5.75. The predicted octanol–water partition coefficient (Wildman–Crippen LogP) is 3.04. The average molecular weight is 303 g/mol. The number of carbonyl (C=O) groups excluding carboxylic acids is 1. The zero-order chi connectivity index (χ0) is 14.6. The maximum Gasteiger partial charge on any atom is 0.321 e. The minimum Gasteiger partial charge on any atom is -0.369 e. The molecule has 0 aliphatic carbocycles. The Balaban J connectivity index is 2.78. The van der Waals surface area contributed by atoms with Crippen molar-refractivity contribution in [2.45, 2.75) is 26.3 Å². The number of amides is 2. The third-order valence-electron chi connectivity index (χ3n) is 1.90. The number of urea groups is 1. The summed E-state index contributed by atoms with van der Waals surface area (Å²) in [5.74, 6) is -0.0640. The Bertz CT molecular complexity index is 509. The van der Waals surface area contributed by atoms with Crippen LogP contribution in [0.2, 0.25) is 10.0 Å². The van der Waals surface area contributed by atoms with Gasteiger partial charge in [-0.3, -0.25) is 5.32 Å². The van der Waals surface area contributed by atoms with Crippen molar-refractivity contribution in [3.8, 4) is 0 Å². The number of nitrogens with one attached hydrogen (secondary N) is 2. The van der Waals surface area contributed by atoms with Crippen molar-refractivity contribution in [3.05, 3.63) is 28.2 Å². The van der Waals surface area contributed by atoms with Gasteiger partial charge < -0.3 is 11.1 Å². The zero-order valence-corrected chi connectivity index (χ0v) is 12.4. The van der Waals surface area contributed by atoms with Crippen LogP contribution in [0, 0.1) is 0 Å². The number of benzene rings is 1. The Kier molecular flexibility index (Phi) is 5.03. The van der Waals surface area contributed by atoms with Crippen molar-refractivity contribution >= 4 is 40.9 Å². The van der Waals surface area contributed by atoms with E-state index in [1.807, 2.05) is 20.8 Å². The molecule has 0 spiro atoms. The summed E-state index contributed by atoms with van der Waals surface area (Å²) in [7, 11) is 0. The molecule has 104 valence electrons. The SMILES string of the molecule is CC(C)(C)NC(=O)NC(N)=Nc1cccc(Cl)c1Cl. The van der Waals surface area contributed by atoms with Crippen LogP contribution in [0.3, 0.4) is 0 Å². The molecule has 0 saturated carbocycles. The Hall–Kier alpha value is -1.46. The molecular weight excluding hydrogens is 287 g/mol. The van der Waals surface area contributed by atoms with Crippen molar-refractivity contribution in [1.29, 1.82) is 0 Å². The highest BCUT2D eigenvalue weighted by molar-refractivity contribution is 6.43. The van der Waals surface area contributed by atoms with Gasteiger partial charge in [0.05, 0.1) is 15.7 Å². The molecule has 0 heterocycles. The molecule has 0 unspecified atom stereocenters. The highest BCUT2D eigenvalue weighted by Crippen LogP contribution is 2.31. The monoisotopic (exact) mass is 302 g/mol. The zero-order valence-electron chi connectivity index (χ0n) is 10.9. The maximum absolute atomic E-state index is 11.6. The molecule has 1 aromatic rings. The number of hydrogen-bond acceptors (Lipinski definition) is 2. The van der Waals surface area contributed by atoms with E-state index in [-0.39, 0.29) is 16.5 Å². The molecule has 4 N–H and O–H groups in total. The van der Waals surface area contributed by atoms with Gasteiger partial charge in [0.25, 0.3) is 0 Å². The standard InChI is InChI=1S/C12H16Cl2N4O/c1-12(2,3)18-11(19)17-10(15)16-8-6-4-5-7(13)9(8)14/h4-6H,1-3H3,(H4,15,16,17,18,19). The lowest BCUT2D eigenvalue weighted by atomic mass is 10.1. The second-order valence-electron chi connectivity index (χ2n) is 4.90. The van der Waals surface area contributed by atoms with E-state index >= 15 is 0 Å². The van der Waals surface area contributed by atoms with E-state index in [9.17, 15) is 4.79 Å². The molecule has 7 heteroatoms. The van der Waals surface area contributed by atoms with E-state index in [1.54, 1.807) is 18.2 Å². The fraction of sp³-hybridized carbons (Fsp3) is 0.333. The number of rotatable bonds is 1. The van der Waals surface area contributed by atoms with Gasteiger partial charge in [-0.05, 0) is 32.9 Å². The molecule has 0 aromatic heterocycles. The van der Waals surface area contributed by atoms with Crippen molar-refractivity contribution < 1.29 is 4.79 Å². The van der Waals surface area contributed by atoms with Gasteiger partial charge in [0, 0.05) is 5.54 Å². The summed E-state index contributed by atoms with van der Waals surface area (Å²) in [5.41, 5.74) is 5.65. The van der Waals surface area contributed by atoms with Gasteiger partial charge in [-0.15, -0.1) is 0 Å². The number of nitrogens with zero attached hydrogens (tertiary/aromatic N) is 1. The molecular formula is C12H16Cl2N4O. The second-order valence-corrected chi connectivity index (χ2v) is 5.68. The van der Waals surface area contributed by atoms with Crippen LogP contribution in [-0.2, 0) is 0 Å². The molecule has 0 fully saturated rings. The number of aliphatic imine (C=N–C) groups is 1. The number of hydrogen-bond donors (Lipinski definition) is 3. The Labute approximate surface area is 122 Å². The Morgan fingerprint density at radius 1 is 1.32 bits per heavy atom. The van der Waals surface area contributed by atoms with Gasteiger partial charge in [-0.1, -0.05) is 29.3 Å². The first-order chi connectivity index (χ1) is 8.69. The van der Waals surface area contributed by atoms with Crippen LogP contribution in [0.1, 0.15) is 20.8 Å². The van der Waals surface area contributed by atoms with Gasteiger partial charge in [-0.25, -0.2) is 9.79 Å². The van der Waals surface area contributed by atoms with E-state index in [1.165, 1.54) is 0 Å². The van der Waals surface area contributed by atoms with Gasteiger partial charge >= 0.3 is 6.03 Å². The lowest BCUT2D eigenvalue weighted by molar-refractivity contribution is 0.236. The van der Waals surface area contributed by atoms with Crippen LogP contribution in [0.15, 0.2) is 23.2 Å². The van der Waals surface area contributed by atoms with Crippen molar-refractivity contribution in [3.63, 3.8) is 0 Å². The summed E-state index contributed by atoms with van der Waals surface area (Å²) < 4.78 is 0. The topological polar surface area (TPSA) is 79.5 Å². The van der Waals surface area contributed by atoms with Crippen molar-refractivity contribution in [2.75, 3.05) is 0 Å². The highest BCUT2D eigenvalue weighted by atomic mass is 35.5. The van der Waals surface area contributed by atoms with E-state index in [0.29, 0.717) is 10.7 Å². The minimum absolute atomic E-state index is 0.0640. The lowest BCUT2D eigenvalue weighted by Crippen LogP contribution is -2.50. The molecule has 0 aliphatic heterocycles. The number of nitrogens with two attached hydrogens (primary N) is 1. The third kappa shape index (κ3) is 5.36. The van der Waals surface area contributed by atoms with Gasteiger partial charge in [0.1, 0.15) is 0 Å². The molecule has 1 aromatic carbocycles. The summed E-state index contributed by atoms with van der Waals surface area (Å²) in [6, 6.07) is 4.53. The summed E-state index contributed by atoms with van der Waals surface area (Å²) in [4.78, 5) is 15.6. The van der Waals surface area contributed by atoms with Gasteiger partial charge in [0.2, 0.25) is 5.96 Å². The Morgan fingerprint density at radius 3 is 2.53 bits per heavy atom. The number of guanidine groups is 1. The van der Waals surface area contributed by atoms with Crippen LogP contribution in [0.25, 0.3) is 0 Å². The van der Waals surface area contributed by atoms with Crippen LogP contribution in [0.5, 0.6) is 0 Å². The van der Waals surface area contributed by atoms with E-state index < -0.39 is 6.03 Å². The Morgan fingerprint density at radius 2 is 1.95 bits per heavy atom. The molecule has 0 saturated heterocycles. The molecule has 2 amide bonds.